The molecule has 0 saturated carbocycles. The second-order valence-electron chi connectivity index (χ2n) is 2.26. The molecule has 0 aliphatic rings. The summed E-state index contributed by atoms with van der Waals surface area (Å²) in [6.07, 6.45) is 2.89. The summed E-state index contributed by atoms with van der Waals surface area (Å²) in [5, 5.41) is 0. The highest BCUT2D eigenvalue weighted by atomic mass is 15.0. The van der Waals surface area contributed by atoms with Gasteiger partial charge in [0.05, 0.1) is 0 Å². The SMILES string of the molecule is CCC.Cc1ccnc(N)n1. The number of aromatic nitrogens is 2. The second-order valence-corrected chi connectivity index (χ2v) is 2.26. The molecule has 0 aliphatic carbocycles. The molecular weight excluding hydrogens is 138 g/mol. The van der Waals surface area contributed by atoms with Crippen LogP contribution in [0.5, 0.6) is 0 Å². The van der Waals surface area contributed by atoms with Crippen LogP contribution in [0, 0.1) is 6.92 Å². The van der Waals surface area contributed by atoms with E-state index in [1.807, 2.05) is 6.92 Å². The van der Waals surface area contributed by atoms with Crippen LogP contribution in [0.15, 0.2) is 12.3 Å². The Balaban J connectivity index is 0.000000292. The average molecular weight is 153 g/mol. The topological polar surface area (TPSA) is 51.8 Å². The van der Waals surface area contributed by atoms with Crippen molar-refractivity contribution in [3.8, 4) is 0 Å². The Bertz CT molecular complexity index is 181. The quantitative estimate of drug-likeness (QED) is 0.618. The molecule has 3 nitrogen and oxygen atoms in total. The van der Waals surface area contributed by atoms with Crippen LogP contribution in [0.4, 0.5) is 5.95 Å². The lowest BCUT2D eigenvalue weighted by atomic mass is 10.5. The number of hydrogen-bond donors (Lipinski definition) is 1. The molecule has 0 aliphatic heterocycles. The van der Waals surface area contributed by atoms with E-state index in [1.165, 1.54) is 6.42 Å². The van der Waals surface area contributed by atoms with Gasteiger partial charge in [0.25, 0.3) is 0 Å². The molecule has 1 heterocycles. The van der Waals surface area contributed by atoms with Gasteiger partial charge in [-0.25, -0.2) is 9.97 Å². The van der Waals surface area contributed by atoms with E-state index in [2.05, 4.69) is 23.8 Å². The first kappa shape index (κ1) is 9.88. The van der Waals surface area contributed by atoms with Crippen molar-refractivity contribution in [2.45, 2.75) is 27.2 Å². The summed E-state index contributed by atoms with van der Waals surface area (Å²) in [7, 11) is 0. The zero-order valence-corrected chi connectivity index (χ0v) is 7.33. The van der Waals surface area contributed by atoms with Crippen molar-refractivity contribution in [3.05, 3.63) is 18.0 Å². The lowest BCUT2D eigenvalue weighted by molar-refractivity contribution is 1.09. The van der Waals surface area contributed by atoms with Crippen LogP contribution in [0.2, 0.25) is 0 Å². The van der Waals surface area contributed by atoms with Gasteiger partial charge in [0, 0.05) is 11.9 Å². The minimum absolute atomic E-state index is 0.338. The van der Waals surface area contributed by atoms with Crippen LogP contribution in [0.1, 0.15) is 26.0 Å². The maximum absolute atomic E-state index is 5.24. The third kappa shape index (κ3) is 5.33. The van der Waals surface area contributed by atoms with Gasteiger partial charge in [0.2, 0.25) is 5.95 Å². The summed E-state index contributed by atoms with van der Waals surface area (Å²) >= 11 is 0. The van der Waals surface area contributed by atoms with Gasteiger partial charge in [-0.2, -0.15) is 0 Å². The average Bonchev–Trinajstić information content (AvgIpc) is 1.88. The predicted octanol–water partition coefficient (Wildman–Crippen LogP) is 1.78. The largest absolute Gasteiger partial charge is 0.368 e. The molecule has 0 radical (unpaired) electrons. The molecule has 62 valence electrons. The molecule has 1 aromatic heterocycles. The lowest BCUT2D eigenvalue weighted by Crippen LogP contribution is -1.93. The van der Waals surface area contributed by atoms with Crippen LogP contribution < -0.4 is 5.73 Å². The molecule has 0 aromatic carbocycles. The molecule has 2 N–H and O–H groups in total. The first-order valence-corrected chi connectivity index (χ1v) is 3.75. The molecule has 1 rings (SSSR count). The van der Waals surface area contributed by atoms with Crippen LogP contribution in [0.25, 0.3) is 0 Å². The highest BCUT2D eigenvalue weighted by Gasteiger charge is 1.84. The van der Waals surface area contributed by atoms with Gasteiger partial charge < -0.3 is 5.73 Å². The first-order chi connectivity index (χ1) is 5.20. The zero-order valence-electron chi connectivity index (χ0n) is 7.33. The smallest absolute Gasteiger partial charge is 0.220 e. The molecular formula is C8H15N3. The Morgan fingerprint density at radius 2 is 2.00 bits per heavy atom. The Morgan fingerprint density at radius 3 is 2.27 bits per heavy atom. The van der Waals surface area contributed by atoms with Crippen molar-refractivity contribution in [2.24, 2.45) is 0 Å². The third-order valence-electron chi connectivity index (χ3n) is 0.813. The predicted molar refractivity (Wildman–Crippen MR) is 47.1 cm³/mol. The molecule has 11 heavy (non-hydrogen) atoms. The van der Waals surface area contributed by atoms with Gasteiger partial charge in [0.15, 0.2) is 0 Å². The van der Waals surface area contributed by atoms with E-state index in [4.69, 9.17) is 5.73 Å². The van der Waals surface area contributed by atoms with Crippen LogP contribution in [-0.4, -0.2) is 9.97 Å². The van der Waals surface area contributed by atoms with Crippen molar-refractivity contribution < 1.29 is 0 Å². The Morgan fingerprint density at radius 1 is 1.45 bits per heavy atom. The van der Waals surface area contributed by atoms with Crippen LogP contribution in [0.3, 0.4) is 0 Å². The van der Waals surface area contributed by atoms with Gasteiger partial charge >= 0.3 is 0 Å². The third-order valence-corrected chi connectivity index (χ3v) is 0.813. The van der Waals surface area contributed by atoms with Crippen molar-refractivity contribution >= 4 is 5.95 Å². The molecule has 3 heteroatoms. The Labute approximate surface area is 67.7 Å². The van der Waals surface area contributed by atoms with Gasteiger partial charge in [-0.1, -0.05) is 20.3 Å². The van der Waals surface area contributed by atoms with Crippen molar-refractivity contribution in [1.82, 2.24) is 9.97 Å². The second kappa shape index (κ2) is 5.65. The van der Waals surface area contributed by atoms with E-state index >= 15 is 0 Å². The summed E-state index contributed by atoms with van der Waals surface area (Å²) in [6.45, 7) is 6.12. The Kier molecular flexibility index (Phi) is 5.07. The maximum atomic E-state index is 5.24. The van der Waals surface area contributed by atoms with Crippen molar-refractivity contribution in [2.75, 3.05) is 5.73 Å². The number of nitrogens with zero attached hydrogens (tertiary/aromatic N) is 2. The van der Waals surface area contributed by atoms with Gasteiger partial charge in [0.1, 0.15) is 0 Å². The van der Waals surface area contributed by atoms with Crippen LogP contribution in [-0.2, 0) is 0 Å². The number of nitrogen functional groups attached to an aromatic ring is 1. The highest BCUT2D eigenvalue weighted by Crippen LogP contribution is 1.91. The fourth-order valence-corrected chi connectivity index (χ4v) is 0.468. The van der Waals surface area contributed by atoms with E-state index in [0.717, 1.165) is 5.69 Å². The minimum Gasteiger partial charge on any atom is -0.368 e. The van der Waals surface area contributed by atoms with Crippen LogP contribution >= 0.6 is 0 Å². The standard InChI is InChI=1S/C5H7N3.C3H8/c1-4-2-3-7-5(6)8-4;1-3-2/h2-3H,1H3,(H2,6,7,8);3H2,1-2H3. The van der Waals surface area contributed by atoms with E-state index in [0.29, 0.717) is 5.95 Å². The van der Waals surface area contributed by atoms with Crippen molar-refractivity contribution in [1.29, 1.82) is 0 Å². The summed E-state index contributed by atoms with van der Waals surface area (Å²) in [5.74, 6) is 0.338. The zero-order chi connectivity index (χ0) is 8.69. The normalized spacial score (nSPS) is 8.27. The van der Waals surface area contributed by atoms with E-state index < -0.39 is 0 Å². The van der Waals surface area contributed by atoms with Gasteiger partial charge in [-0.15, -0.1) is 0 Å². The molecule has 0 unspecified atom stereocenters. The minimum atomic E-state index is 0.338. The van der Waals surface area contributed by atoms with Gasteiger partial charge in [-0.3, -0.25) is 0 Å². The molecule has 0 atom stereocenters. The van der Waals surface area contributed by atoms with Crippen molar-refractivity contribution in [3.63, 3.8) is 0 Å². The van der Waals surface area contributed by atoms with Gasteiger partial charge in [-0.05, 0) is 13.0 Å². The first-order valence-electron chi connectivity index (χ1n) is 3.75. The number of rotatable bonds is 0. The van der Waals surface area contributed by atoms with E-state index in [9.17, 15) is 0 Å². The highest BCUT2D eigenvalue weighted by molar-refractivity contribution is 5.15. The fraction of sp³-hybridized carbons (Fsp3) is 0.500. The number of anilines is 1. The molecule has 0 fully saturated rings. The monoisotopic (exact) mass is 153 g/mol. The summed E-state index contributed by atoms with van der Waals surface area (Å²) in [6, 6.07) is 1.80. The molecule has 1 aromatic rings. The summed E-state index contributed by atoms with van der Waals surface area (Å²) in [5.41, 5.74) is 6.14. The summed E-state index contributed by atoms with van der Waals surface area (Å²) < 4.78 is 0. The lowest BCUT2D eigenvalue weighted by Gasteiger charge is -1.89. The number of hydrogen-bond acceptors (Lipinski definition) is 3. The maximum Gasteiger partial charge on any atom is 0.220 e. The fourth-order valence-electron chi connectivity index (χ4n) is 0.468. The molecule has 0 saturated heterocycles. The van der Waals surface area contributed by atoms with E-state index in [-0.39, 0.29) is 0 Å². The Hall–Kier alpha value is -1.12. The summed E-state index contributed by atoms with van der Waals surface area (Å²) in [4.78, 5) is 7.55. The molecule has 0 spiro atoms. The molecule has 0 amide bonds. The number of nitrogens with two attached hydrogens (primary N) is 1. The van der Waals surface area contributed by atoms with E-state index in [1.54, 1.807) is 12.3 Å². The number of aryl methyl sites for hydroxylation is 1. The molecule has 0 bridgehead atoms.